The average Bonchev–Trinajstić information content (AvgIpc) is 3.04. The second kappa shape index (κ2) is 9.12. The first-order valence-electron chi connectivity index (χ1n) is 10.4. The number of anilines is 1. The molecule has 2 heterocycles. The zero-order valence-electron chi connectivity index (χ0n) is 17.4. The lowest BCUT2D eigenvalue weighted by Crippen LogP contribution is -2.36. The molecule has 1 amide bonds. The average molecular weight is 421 g/mol. The molecule has 1 aliphatic rings. The third kappa shape index (κ3) is 4.21. The fourth-order valence-electron chi connectivity index (χ4n) is 3.97. The van der Waals surface area contributed by atoms with Crippen molar-refractivity contribution in [2.24, 2.45) is 0 Å². The number of hydrogen-bond acceptors (Lipinski definition) is 5. The van der Waals surface area contributed by atoms with E-state index in [1.165, 1.54) is 12.1 Å². The normalized spacial score (nSPS) is 14.4. The van der Waals surface area contributed by atoms with E-state index in [2.05, 4.69) is 9.88 Å². The molecule has 2 aromatic carbocycles. The Bertz CT molecular complexity index is 1120. The lowest BCUT2D eigenvalue weighted by atomic mass is 10.1. The Labute approximate surface area is 180 Å². The quantitative estimate of drug-likeness (QED) is 0.598. The summed E-state index contributed by atoms with van der Waals surface area (Å²) in [4.78, 5) is 33.7. The van der Waals surface area contributed by atoms with E-state index in [0.29, 0.717) is 38.2 Å². The maximum atomic E-state index is 14.1. The predicted molar refractivity (Wildman–Crippen MR) is 117 cm³/mol. The Morgan fingerprint density at radius 1 is 1.00 bits per heavy atom. The van der Waals surface area contributed by atoms with Gasteiger partial charge in [-0.1, -0.05) is 30.3 Å². The van der Waals surface area contributed by atoms with Crippen LogP contribution in [0.4, 0.5) is 10.1 Å². The van der Waals surface area contributed by atoms with Crippen molar-refractivity contribution in [3.63, 3.8) is 0 Å². The minimum Gasteiger partial charge on any atom is -0.462 e. The van der Waals surface area contributed by atoms with Crippen molar-refractivity contribution in [1.82, 2.24) is 9.88 Å². The molecule has 1 aromatic heterocycles. The van der Waals surface area contributed by atoms with Crippen LogP contribution in [-0.4, -0.2) is 54.5 Å². The summed E-state index contributed by atoms with van der Waals surface area (Å²) >= 11 is 0. The van der Waals surface area contributed by atoms with Gasteiger partial charge in [-0.3, -0.25) is 9.78 Å². The standard InChI is InChI=1S/C24H24FN3O3/c1-2-31-24(30)19-16-26-21-11-6-4-9-18(21)22(19)27-12-7-13-28(15-14-27)23(29)17-8-3-5-10-20(17)25/h3-6,8-11,16H,2,7,12-15H2,1H3. The summed E-state index contributed by atoms with van der Waals surface area (Å²) in [7, 11) is 0. The largest absolute Gasteiger partial charge is 0.462 e. The fraction of sp³-hybridized carbons (Fsp3) is 0.292. The SMILES string of the molecule is CCOC(=O)c1cnc2ccccc2c1N1CCCN(C(=O)c2ccccc2F)CC1. The Kier molecular flexibility index (Phi) is 6.11. The van der Waals surface area contributed by atoms with Crippen LogP contribution >= 0.6 is 0 Å². The number of halogens is 1. The number of hydrogen-bond donors (Lipinski definition) is 0. The third-order valence-corrected chi connectivity index (χ3v) is 5.45. The number of para-hydroxylation sites is 1. The first kappa shape index (κ1) is 20.8. The van der Waals surface area contributed by atoms with Crippen molar-refractivity contribution < 1.29 is 18.7 Å². The lowest BCUT2D eigenvalue weighted by molar-refractivity contribution is 0.0526. The van der Waals surface area contributed by atoms with Gasteiger partial charge in [0, 0.05) is 37.8 Å². The molecule has 0 atom stereocenters. The summed E-state index contributed by atoms with van der Waals surface area (Å²) in [5, 5.41) is 0.863. The molecular formula is C24H24FN3O3. The van der Waals surface area contributed by atoms with E-state index in [1.807, 2.05) is 24.3 Å². The molecular weight excluding hydrogens is 397 g/mol. The fourth-order valence-corrected chi connectivity index (χ4v) is 3.97. The van der Waals surface area contributed by atoms with Gasteiger partial charge in [0.2, 0.25) is 0 Å². The van der Waals surface area contributed by atoms with E-state index >= 15 is 0 Å². The molecule has 4 rings (SSSR count). The van der Waals surface area contributed by atoms with Crippen LogP contribution in [-0.2, 0) is 4.74 Å². The number of esters is 1. The van der Waals surface area contributed by atoms with Gasteiger partial charge < -0.3 is 14.5 Å². The second-order valence-electron chi connectivity index (χ2n) is 7.37. The Balaban J connectivity index is 1.65. The highest BCUT2D eigenvalue weighted by Crippen LogP contribution is 2.31. The molecule has 0 N–H and O–H groups in total. The van der Waals surface area contributed by atoms with Crippen LogP contribution in [0.25, 0.3) is 10.9 Å². The highest BCUT2D eigenvalue weighted by atomic mass is 19.1. The van der Waals surface area contributed by atoms with Crippen molar-refractivity contribution in [3.05, 3.63) is 71.7 Å². The molecule has 0 saturated carbocycles. The molecule has 7 heteroatoms. The molecule has 1 fully saturated rings. The predicted octanol–water partition coefficient (Wildman–Crippen LogP) is 3.90. The number of pyridine rings is 1. The van der Waals surface area contributed by atoms with E-state index in [0.717, 1.165) is 16.6 Å². The summed E-state index contributed by atoms with van der Waals surface area (Å²) in [5.41, 5.74) is 2.05. The van der Waals surface area contributed by atoms with Crippen LogP contribution < -0.4 is 4.90 Å². The number of carbonyl (C=O) groups excluding carboxylic acids is 2. The maximum Gasteiger partial charge on any atom is 0.341 e. The minimum atomic E-state index is -0.515. The molecule has 3 aromatic rings. The number of carbonyl (C=O) groups is 2. The second-order valence-corrected chi connectivity index (χ2v) is 7.37. The van der Waals surface area contributed by atoms with Gasteiger partial charge in [-0.15, -0.1) is 0 Å². The highest BCUT2D eigenvalue weighted by molar-refractivity contribution is 6.05. The van der Waals surface area contributed by atoms with Crippen LogP contribution in [0.5, 0.6) is 0 Å². The summed E-state index contributed by atoms with van der Waals surface area (Å²) in [5.74, 6) is -1.25. The lowest BCUT2D eigenvalue weighted by Gasteiger charge is -2.26. The molecule has 0 aliphatic carbocycles. The number of amides is 1. The van der Waals surface area contributed by atoms with Gasteiger partial charge in [-0.05, 0) is 31.5 Å². The summed E-state index contributed by atoms with van der Waals surface area (Å²) in [6.45, 7) is 4.15. The third-order valence-electron chi connectivity index (χ3n) is 5.45. The van der Waals surface area contributed by atoms with Crippen LogP contribution in [0.3, 0.4) is 0 Å². The van der Waals surface area contributed by atoms with Gasteiger partial charge in [0.05, 0.1) is 23.4 Å². The molecule has 0 unspecified atom stereocenters. The number of benzene rings is 2. The highest BCUT2D eigenvalue weighted by Gasteiger charge is 2.26. The van der Waals surface area contributed by atoms with Crippen LogP contribution in [0, 0.1) is 5.82 Å². The Morgan fingerprint density at radius 3 is 2.58 bits per heavy atom. The van der Waals surface area contributed by atoms with Gasteiger partial charge in [0.1, 0.15) is 11.4 Å². The molecule has 6 nitrogen and oxygen atoms in total. The molecule has 160 valence electrons. The van der Waals surface area contributed by atoms with E-state index in [-0.39, 0.29) is 18.1 Å². The first-order chi connectivity index (χ1) is 15.1. The number of ether oxygens (including phenoxy) is 1. The Hall–Kier alpha value is -3.48. The van der Waals surface area contributed by atoms with Crippen molar-refractivity contribution in [1.29, 1.82) is 0 Å². The van der Waals surface area contributed by atoms with E-state index in [9.17, 15) is 14.0 Å². The van der Waals surface area contributed by atoms with Crippen molar-refractivity contribution in [2.45, 2.75) is 13.3 Å². The van der Waals surface area contributed by atoms with Gasteiger partial charge in [0.15, 0.2) is 0 Å². The number of rotatable bonds is 4. The summed E-state index contributed by atoms with van der Waals surface area (Å²) in [6.07, 6.45) is 2.25. The molecule has 1 saturated heterocycles. The van der Waals surface area contributed by atoms with Gasteiger partial charge in [0.25, 0.3) is 5.91 Å². The topological polar surface area (TPSA) is 62.7 Å². The molecule has 0 spiro atoms. The summed E-state index contributed by atoms with van der Waals surface area (Å²) in [6, 6.07) is 13.7. The maximum absolute atomic E-state index is 14.1. The minimum absolute atomic E-state index is 0.0810. The van der Waals surface area contributed by atoms with Crippen LogP contribution in [0.1, 0.15) is 34.1 Å². The number of aromatic nitrogens is 1. The molecule has 1 aliphatic heterocycles. The summed E-state index contributed by atoms with van der Waals surface area (Å²) < 4.78 is 19.4. The number of fused-ring (bicyclic) bond motifs is 1. The van der Waals surface area contributed by atoms with Crippen molar-refractivity contribution >= 4 is 28.5 Å². The van der Waals surface area contributed by atoms with Gasteiger partial charge in [-0.25, -0.2) is 9.18 Å². The zero-order chi connectivity index (χ0) is 21.8. The van der Waals surface area contributed by atoms with E-state index in [4.69, 9.17) is 4.74 Å². The monoisotopic (exact) mass is 421 g/mol. The Morgan fingerprint density at radius 2 is 1.77 bits per heavy atom. The molecule has 0 bridgehead atoms. The first-order valence-corrected chi connectivity index (χ1v) is 10.4. The smallest absolute Gasteiger partial charge is 0.341 e. The molecule has 31 heavy (non-hydrogen) atoms. The van der Waals surface area contributed by atoms with Crippen LogP contribution in [0.15, 0.2) is 54.7 Å². The van der Waals surface area contributed by atoms with E-state index < -0.39 is 11.8 Å². The van der Waals surface area contributed by atoms with Crippen LogP contribution in [0.2, 0.25) is 0 Å². The van der Waals surface area contributed by atoms with Gasteiger partial charge >= 0.3 is 5.97 Å². The molecule has 0 radical (unpaired) electrons. The van der Waals surface area contributed by atoms with Crippen molar-refractivity contribution in [2.75, 3.05) is 37.7 Å². The van der Waals surface area contributed by atoms with Crippen molar-refractivity contribution in [3.8, 4) is 0 Å². The number of nitrogens with zero attached hydrogens (tertiary/aromatic N) is 3. The zero-order valence-corrected chi connectivity index (χ0v) is 17.4. The van der Waals surface area contributed by atoms with E-state index in [1.54, 1.807) is 30.2 Å². The van der Waals surface area contributed by atoms with Gasteiger partial charge in [-0.2, -0.15) is 0 Å².